The molecule has 0 aliphatic heterocycles. The zero-order valence-corrected chi connectivity index (χ0v) is 8.49. The lowest BCUT2D eigenvalue weighted by molar-refractivity contribution is 0.891. The third-order valence-electron chi connectivity index (χ3n) is 1.73. The summed E-state index contributed by atoms with van der Waals surface area (Å²) >= 11 is 2.16. The highest BCUT2D eigenvalue weighted by Crippen LogP contribution is 2.09. The van der Waals surface area contributed by atoms with E-state index in [2.05, 4.69) is 32.6 Å². The summed E-state index contributed by atoms with van der Waals surface area (Å²) in [6, 6.07) is 1.92. The first kappa shape index (κ1) is 7.78. The van der Waals surface area contributed by atoms with E-state index in [9.17, 15) is 4.79 Å². The fourth-order valence-electron chi connectivity index (χ4n) is 1.08. The Hall–Kier alpha value is -0.850. The average Bonchev–Trinajstić information content (AvgIpc) is 2.31. The lowest BCUT2D eigenvalue weighted by Gasteiger charge is -1.92. The van der Waals surface area contributed by atoms with Crippen molar-refractivity contribution in [3.05, 3.63) is 26.3 Å². The van der Waals surface area contributed by atoms with Gasteiger partial charge in [0.05, 0.1) is 5.52 Å². The van der Waals surface area contributed by atoms with Gasteiger partial charge in [0.2, 0.25) is 0 Å². The number of imidazole rings is 1. The molecule has 0 saturated heterocycles. The monoisotopic (exact) mass is 275 g/mol. The van der Waals surface area contributed by atoms with Crippen molar-refractivity contribution in [2.75, 3.05) is 0 Å². The highest BCUT2D eigenvalue weighted by atomic mass is 127. The van der Waals surface area contributed by atoms with Crippen LogP contribution in [-0.4, -0.2) is 14.5 Å². The first-order chi connectivity index (χ1) is 5.68. The largest absolute Gasteiger partial charge is 0.327 e. The van der Waals surface area contributed by atoms with Gasteiger partial charge in [0.1, 0.15) is 0 Å². The summed E-state index contributed by atoms with van der Waals surface area (Å²) < 4.78 is 2.57. The summed E-state index contributed by atoms with van der Waals surface area (Å²) in [5.74, 6) is 0. The minimum Gasteiger partial charge on any atom is -0.294 e. The molecule has 62 valence electrons. The van der Waals surface area contributed by atoms with Crippen molar-refractivity contribution in [3.8, 4) is 0 Å². The molecule has 0 aliphatic rings. The third kappa shape index (κ3) is 1.04. The smallest absolute Gasteiger partial charge is 0.294 e. The van der Waals surface area contributed by atoms with Crippen LogP contribution in [0.5, 0.6) is 0 Å². The SMILES string of the molecule is Cn1c(=O)[nH]c2ncc(I)cc21. The molecule has 0 amide bonds. The number of halogens is 1. The van der Waals surface area contributed by atoms with Gasteiger partial charge in [-0.25, -0.2) is 9.78 Å². The number of hydrogen-bond donors (Lipinski definition) is 1. The summed E-state index contributed by atoms with van der Waals surface area (Å²) in [7, 11) is 1.72. The van der Waals surface area contributed by atoms with E-state index in [1.807, 2.05) is 6.07 Å². The van der Waals surface area contributed by atoms with Crippen LogP contribution >= 0.6 is 22.6 Å². The summed E-state index contributed by atoms with van der Waals surface area (Å²) in [5.41, 5.74) is 1.36. The Bertz CT molecular complexity index is 485. The Morgan fingerprint density at radius 3 is 3.17 bits per heavy atom. The van der Waals surface area contributed by atoms with E-state index in [0.29, 0.717) is 5.65 Å². The van der Waals surface area contributed by atoms with Crippen LogP contribution in [0.1, 0.15) is 0 Å². The molecular formula is C7H6IN3O. The van der Waals surface area contributed by atoms with Gasteiger partial charge < -0.3 is 0 Å². The lowest BCUT2D eigenvalue weighted by atomic mass is 10.4. The fraction of sp³-hybridized carbons (Fsp3) is 0.143. The molecule has 0 unspecified atom stereocenters. The van der Waals surface area contributed by atoms with Crippen molar-refractivity contribution in [3.63, 3.8) is 0 Å². The molecule has 1 N–H and O–H groups in total. The molecule has 2 rings (SSSR count). The number of nitrogens with one attached hydrogen (secondary N) is 1. The normalized spacial score (nSPS) is 10.8. The van der Waals surface area contributed by atoms with E-state index >= 15 is 0 Å². The molecule has 0 aliphatic carbocycles. The van der Waals surface area contributed by atoms with Crippen LogP contribution in [0.3, 0.4) is 0 Å². The molecule has 2 aromatic rings. The van der Waals surface area contributed by atoms with Crippen LogP contribution in [0.4, 0.5) is 0 Å². The van der Waals surface area contributed by atoms with Crippen molar-refractivity contribution in [1.29, 1.82) is 0 Å². The molecule has 0 aromatic carbocycles. The molecule has 0 bridgehead atoms. The number of aromatic amines is 1. The van der Waals surface area contributed by atoms with Crippen LogP contribution < -0.4 is 5.69 Å². The van der Waals surface area contributed by atoms with Crippen molar-refractivity contribution in [2.24, 2.45) is 7.05 Å². The summed E-state index contributed by atoms with van der Waals surface area (Å²) in [4.78, 5) is 17.8. The average molecular weight is 275 g/mol. The number of aromatic nitrogens is 3. The van der Waals surface area contributed by atoms with Crippen molar-refractivity contribution in [1.82, 2.24) is 14.5 Å². The van der Waals surface area contributed by atoms with Crippen LogP contribution in [0.15, 0.2) is 17.1 Å². The molecule has 4 nitrogen and oxygen atoms in total. The van der Waals surface area contributed by atoms with E-state index in [-0.39, 0.29) is 5.69 Å². The van der Waals surface area contributed by atoms with E-state index in [0.717, 1.165) is 9.09 Å². The maximum atomic E-state index is 11.1. The van der Waals surface area contributed by atoms with Gasteiger partial charge in [-0.1, -0.05) is 0 Å². The molecule has 0 saturated carbocycles. The lowest BCUT2D eigenvalue weighted by Crippen LogP contribution is -2.11. The minimum absolute atomic E-state index is 0.125. The zero-order chi connectivity index (χ0) is 8.72. The molecule has 0 atom stereocenters. The second-order valence-corrected chi connectivity index (χ2v) is 3.76. The number of aryl methyl sites for hydroxylation is 1. The van der Waals surface area contributed by atoms with Gasteiger partial charge in [0.15, 0.2) is 5.65 Å². The van der Waals surface area contributed by atoms with Gasteiger partial charge in [-0.2, -0.15) is 0 Å². The zero-order valence-electron chi connectivity index (χ0n) is 6.34. The number of rotatable bonds is 0. The maximum Gasteiger partial charge on any atom is 0.327 e. The van der Waals surface area contributed by atoms with Crippen LogP contribution in [-0.2, 0) is 7.05 Å². The number of nitrogens with zero attached hydrogens (tertiary/aromatic N) is 2. The quantitative estimate of drug-likeness (QED) is 0.725. The summed E-state index contributed by atoms with van der Waals surface area (Å²) in [6.07, 6.45) is 1.72. The highest BCUT2D eigenvalue weighted by Gasteiger charge is 2.02. The molecule has 0 spiro atoms. The van der Waals surface area contributed by atoms with E-state index in [1.54, 1.807) is 17.8 Å². The first-order valence-electron chi connectivity index (χ1n) is 3.39. The van der Waals surface area contributed by atoms with Gasteiger partial charge >= 0.3 is 5.69 Å². The van der Waals surface area contributed by atoms with Crippen LogP contribution in [0.25, 0.3) is 11.2 Å². The Kier molecular flexibility index (Phi) is 1.67. The molecule has 0 fully saturated rings. The predicted molar refractivity (Wildman–Crippen MR) is 54.1 cm³/mol. The minimum atomic E-state index is -0.125. The van der Waals surface area contributed by atoms with Crippen molar-refractivity contribution < 1.29 is 0 Å². The van der Waals surface area contributed by atoms with E-state index in [1.165, 1.54) is 0 Å². The third-order valence-corrected chi connectivity index (χ3v) is 2.32. The van der Waals surface area contributed by atoms with Crippen LogP contribution in [0.2, 0.25) is 0 Å². The molecular weight excluding hydrogens is 269 g/mol. The second-order valence-electron chi connectivity index (χ2n) is 2.51. The number of fused-ring (bicyclic) bond motifs is 1. The second kappa shape index (κ2) is 2.58. The fourth-order valence-corrected chi connectivity index (χ4v) is 1.51. The van der Waals surface area contributed by atoms with Gasteiger partial charge in [-0.15, -0.1) is 0 Å². The Labute approximate surface area is 81.8 Å². The molecule has 2 heterocycles. The van der Waals surface area contributed by atoms with Crippen LogP contribution in [0, 0.1) is 3.57 Å². The topological polar surface area (TPSA) is 50.7 Å². The Morgan fingerprint density at radius 1 is 1.67 bits per heavy atom. The summed E-state index contributed by atoms with van der Waals surface area (Å²) in [5, 5.41) is 0. The van der Waals surface area contributed by atoms with Gasteiger partial charge in [0, 0.05) is 16.8 Å². The summed E-state index contributed by atoms with van der Waals surface area (Å²) in [6.45, 7) is 0. The highest BCUT2D eigenvalue weighted by molar-refractivity contribution is 14.1. The van der Waals surface area contributed by atoms with Gasteiger partial charge in [0.25, 0.3) is 0 Å². The van der Waals surface area contributed by atoms with E-state index in [4.69, 9.17) is 0 Å². The number of pyridine rings is 1. The van der Waals surface area contributed by atoms with Crippen molar-refractivity contribution in [2.45, 2.75) is 0 Å². The Balaban J connectivity index is 2.98. The van der Waals surface area contributed by atoms with E-state index < -0.39 is 0 Å². The molecule has 5 heteroatoms. The number of H-pyrrole nitrogens is 1. The Morgan fingerprint density at radius 2 is 2.42 bits per heavy atom. The van der Waals surface area contributed by atoms with Gasteiger partial charge in [-0.3, -0.25) is 9.55 Å². The standard InChI is InChI=1S/C7H6IN3O/c1-11-5-2-4(8)3-9-6(5)10-7(11)12/h2-3H,1H3,(H,9,10,12). The molecule has 12 heavy (non-hydrogen) atoms. The maximum absolute atomic E-state index is 11.1. The number of hydrogen-bond acceptors (Lipinski definition) is 2. The first-order valence-corrected chi connectivity index (χ1v) is 4.46. The predicted octanol–water partition coefficient (Wildman–Crippen LogP) is 0.866. The van der Waals surface area contributed by atoms with Crippen molar-refractivity contribution >= 4 is 33.8 Å². The molecule has 0 radical (unpaired) electrons. The van der Waals surface area contributed by atoms with Gasteiger partial charge in [-0.05, 0) is 28.7 Å². The molecule has 2 aromatic heterocycles.